The van der Waals surface area contributed by atoms with Crippen LogP contribution in [0.3, 0.4) is 0 Å². The first-order valence-electron chi connectivity index (χ1n) is 14.6. The van der Waals surface area contributed by atoms with Crippen LogP contribution in [0.25, 0.3) is 0 Å². The van der Waals surface area contributed by atoms with E-state index in [1.807, 2.05) is 20.8 Å². The van der Waals surface area contributed by atoms with Crippen molar-refractivity contribution in [2.45, 2.75) is 144 Å². The summed E-state index contributed by atoms with van der Waals surface area (Å²) in [6, 6.07) is 4.46. The number of carbonyl (C=O) groups is 1. The summed E-state index contributed by atoms with van der Waals surface area (Å²) >= 11 is 0. The second-order valence-corrected chi connectivity index (χ2v) is 17.2. The van der Waals surface area contributed by atoms with Crippen LogP contribution in [0.1, 0.15) is 145 Å². The molecule has 2 N–H and O–H groups in total. The van der Waals surface area contributed by atoms with Crippen molar-refractivity contribution >= 4 is 16.1 Å². The van der Waals surface area contributed by atoms with Crippen molar-refractivity contribution in [1.82, 2.24) is 0 Å². The first-order chi connectivity index (χ1) is 17.2. The zero-order chi connectivity index (χ0) is 31.0. The average Bonchev–Trinajstić information content (AvgIpc) is 2.68. The molecule has 0 aliphatic rings. The van der Waals surface area contributed by atoms with E-state index in [0.29, 0.717) is 24.7 Å². The summed E-state index contributed by atoms with van der Waals surface area (Å²) in [6.07, 6.45) is 2.83. The molecule has 5 nitrogen and oxygen atoms in total. The molecule has 0 amide bonds. The third-order valence-electron chi connectivity index (χ3n) is 8.58. The van der Waals surface area contributed by atoms with Crippen molar-refractivity contribution in [2.75, 3.05) is 5.75 Å². The Labute approximate surface area is 240 Å². The molecule has 0 bridgehead atoms. The van der Waals surface area contributed by atoms with Crippen molar-refractivity contribution in [1.29, 1.82) is 0 Å². The minimum Gasteiger partial charge on any atom is -0.481 e. The molecule has 226 valence electrons. The van der Waals surface area contributed by atoms with Crippen molar-refractivity contribution in [3.05, 3.63) is 34.4 Å². The Morgan fingerprint density at radius 1 is 0.718 bits per heavy atom. The number of aliphatic carboxylic acids is 1. The molecule has 1 unspecified atom stereocenters. The molecule has 0 saturated heterocycles. The van der Waals surface area contributed by atoms with Crippen LogP contribution in [-0.2, 0) is 36.6 Å². The number of hydrogen-bond donors (Lipinski definition) is 2. The fourth-order valence-electron chi connectivity index (χ4n) is 7.06. The maximum atomic E-state index is 12.4. The molecule has 0 fully saturated rings. The molecule has 0 heterocycles. The lowest BCUT2D eigenvalue weighted by Crippen LogP contribution is -2.39. The van der Waals surface area contributed by atoms with Crippen molar-refractivity contribution in [3.8, 4) is 0 Å². The summed E-state index contributed by atoms with van der Waals surface area (Å²) in [7, 11) is -4.26. The van der Waals surface area contributed by atoms with Gasteiger partial charge < -0.3 is 5.11 Å². The topological polar surface area (TPSA) is 91.7 Å². The van der Waals surface area contributed by atoms with Gasteiger partial charge in [-0.15, -0.1) is 0 Å². The SMILES string of the molecule is CCC(C)(CC(C)(C)c1cc(C(C)(C)CC(C)C)c(C(C)(C)CC(C)C)cc1C(C)(C)CS(=O)(=O)O)C(=O)O. The average molecular weight is 567 g/mol. The number of carboxylic acids is 1. The Morgan fingerprint density at radius 3 is 1.33 bits per heavy atom. The second kappa shape index (κ2) is 11.8. The number of carboxylic acid groups (broad SMARTS) is 1. The molecule has 1 aromatic carbocycles. The van der Waals surface area contributed by atoms with Gasteiger partial charge in [0.15, 0.2) is 0 Å². The van der Waals surface area contributed by atoms with Crippen molar-refractivity contribution in [3.63, 3.8) is 0 Å². The van der Waals surface area contributed by atoms with E-state index in [-0.39, 0.29) is 10.8 Å². The molecule has 0 spiro atoms. The standard InChI is InChI=1S/C33H58O5S/c1-15-33(14,28(34)35)20-31(10,11)26-16-24(29(6,7)18-22(2)3)25(30(8,9)19-23(4)5)17-27(26)32(12,13)21-39(36,37)38/h16-17,22-23H,15,18-21H2,1-14H3,(H,34,35)(H,36,37,38). The zero-order valence-electron chi connectivity index (χ0n) is 27.4. The predicted octanol–water partition coefficient (Wildman–Crippen LogP) is 8.67. The lowest BCUT2D eigenvalue weighted by atomic mass is 9.62. The summed E-state index contributed by atoms with van der Waals surface area (Å²) in [5.74, 6) is -0.297. The molecule has 1 aromatic rings. The van der Waals surface area contributed by atoms with Gasteiger partial charge in [-0.3, -0.25) is 9.35 Å². The van der Waals surface area contributed by atoms with E-state index in [0.717, 1.165) is 24.0 Å². The predicted molar refractivity (Wildman–Crippen MR) is 165 cm³/mol. The minimum absolute atomic E-state index is 0.158. The summed E-state index contributed by atoms with van der Waals surface area (Å²) in [4.78, 5) is 12.4. The molecular weight excluding hydrogens is 508 g/mol. The van der Waals surface area contributed by atoms with E-state index in [1.54, 1.807) is 6.92 Å². The highest BCUT2D eigenvalue weighted by molar-refractivity contribution is 7.85. The van der Waals surface area contributed by atoms with Gasteiger partial charge in [-0.25, -0.2) is 0 Å². The smallest absolute Gasteiger partial charge is 0.309 e. The first-order valence-corrected chi connectivity index (χ1v) is 16.2. The van der Waals surface area contributed by atoms with Crippen molar-refractivity contribution in [2.24, 2.45) is 17.3 Å². The summed E-state index contributed by atoms with van der Waals surface area (Å²) < 4.78 is 34.3. The fourth-order valence-corrected chi connectivity index (χ4v) is 8.12. The van der Waals surface area contributed by atoms with E-state index < -0.39 is 38.1 Å². The Balaban J connectivity index is 4.29. The van der Waals surface area contributed by atoms with E-state index >= 15 is 0 Å². The molecule has 1 rings (SSSR count). The summed E-state index contributed by atoms with van der Waals surface area (Å²) in [5, 5.41) is 10.1. The van der Waals surface area contributed by atoms with E-state index in [2.05, 4.69) is 81.4 Å². The Bertz CT molecular complexity index is 1120. The zero-order valence-corrected chi connectivity index (χ0v) is 28.2. The lowest BCUT2D eigenvalue weighted by molar-refractivity contribution is -0.149. The molecule has 6 heteroatoms. The Kier molecular flexibility index (Phi) is 10.8. The Morgan fingerprint density at radius 2 is 1.05 bits per heavy atom. The molecule has 0 aliphatic carbocycles. The molecular formula is C33H58O5S. The van der Waals surface area contributed by atoms with E-state index in [1.165, 1.54) is 11.1 Å². The quantitative estimate of drug-likeness (QED) is 0.220. The highest BCUT2D eigenvalue weighted by atomic mass is 32.2. The van der Waals surface area contributed by atoms with Gasteiger partial charge in [0.05, 0.1) is 11.2 Å². The van der Waals surface area contributed by atoms with Crippen LogP contribution >= 0.6 is 0 Å². The van der Waals surface area contributed by atoms with Gasteiger partial charge in [0.25, 0.3) is 10.1 Å². The van der Waals surface area contributed by atoms with Crippen LogP contribution in [-0.4, -0.2) is 29.8 Å². The molecule has 1 atom stereocenters. The van der Waals surface area contributed by atoms with E-state index in [4.69, 9.17) is 0 Å². The van der Waals surface area contributed by atoms with Gasteiger partial charge in [0.2, 0.25) is 0 Å². The van der Waals surface area contributed by atoms with Gasteiger partial charge in [-0.05, 0) is 82.9 Å². The third kappa shape index (κ3) is 9.05. The van der Waals surface area contributed by atoms with Gasteiger partial charge in [0.1, 0.15) is 0 Å². The largest absolute Gasteiger partial charge is 0.481 e. The monoisotopic (exact) mass is 566 g/mol. The molecule has 39 heavy (non-hydrogen) atoms. The van der Waals surface area contributed by atoms with Crippen LogP contribution in [0.15, 0.2) is 12.1 Å². The van der Waals surface area contributed by atoms with Gasteiger partial charge in [0, 0.05) is 5.41 Å². The van der Waals surface area contributed by atoms with Gasteiger partial charge in [-0.1, -0.05) is 102 Å². The molecule has 0 aromatic heterocycles. The van der Waals surface area contributed by atoms with Crippen molar-refractivity contribution < 1.29 is 22.9 Å². The highest BCUT2D eigenvalue weighted by Crippen LogP contribution is 2.48. The maximum absolute atomic E-state index is 12.4. The molecule has 0 radical (unpaired) electrons. The highest BCUT2D eigenvalue weighted by Gasteiger charge is 2.43. The van der Waals surface area contributed by atoms with Gasteiger partial charge in [-0.2, -0.15) is 8.42 Å². The summed E-state index contributed by atoms with van der Waals surface area (Å²) in [6.45, 7) is 29.6. The lowest BCUT2D eigenvalue weighted by Gasteiger charge is -2.43. The number of hydrogen-bond acceptors (Lipinski definition) is 3. The Hall–Kier alpha value is -1.40. The van der Waals surface area contributed by atoms with Gasteiger partial charge >= 0.3 is 5.97 Å². The molecule has 0 saturated carbocycles. The first kappa shape index (κ1) is 35.6. The van der Waals surface area contributed by atoms with E-state index in [9.17, 15) is 22.9 Å². The van der Waals surface area contributed by atoms with Crippen LogP contribution in [0.4, 0.5) is 0 Å². The fraction of sp³-hybridized carbons (Fsp3) is 0.788. The summed E-state index contributed by atoms with van der Waals surface area (Å²) in [5.41, 5.74) is 1.54. The van der Waals surface area contributed by atoms with Crippen LogP contribution < -0.4 is 0 Å². The number of rotatable bonds is 14. The van der Waals surface area contributed by atoms with Crippen LogP contribution in [0, 0.1) is 17.3 Å². The minimum atomic E-state index is -4.26. The maximum Gasteiger partial charge on any atom is 0.309 e. The van der Waals surface area contributed by atoms with Crippen LogP contribution in [0.2, 0.25) is 0 Å². The molecule has 0 aliphatic heterocycles. The second-order valence-electron chi connectivity index (χ2n) is 15.8. The normalized spacial score (nSPS) is 15.6. The number of benzene rings is 1. The van der Waals surface area contributed by atoms with Crippen LogP contribution in [0.5, 0.6) is 0 Å². The third-order valence-corrected chi connectivity index (χ3v) is 9.67.